The van der Waals surface area contributed by atoms with E-state index in [0.717, 1.165) is 43.7 Å². The summed E-state index contributed by atoms with van der Waals surface area (Å²) in [6.07, 6.45) is 0. The van der Waals surface area contributed by atoms with E-state index < -0.39 is 14.9 Å². The average molecular weight is 466 g/mol. The van der Waals surface area contributed by atoms with Gasteiger partial charge in [-0.25, -0.2) is 13.6 Å². The number of piperazine rings is 1. The number of hydrogen-bond acceptors (Lipinski definition) is 8. The molecule has 1 fully saturated rings. The molecule has 0 bridgehead atoms. The molecule has 0 spiro atoms. The fourth-order valence-electron chi connectivity index (χ4n) is 3.38. The summed E-state index contributed by atoms with van der Waals surface area (Å²) in [5.74, 6) is 0.699. The van der Waals surface area contributed by atoms with Gasteiger partial charge >= 0.3 is 0 Å². The van der Waals surface area contributed by atoms with Crippen LogP contribution in [0.15, 0.2) is 58.3 Å². The van der Waals surface area contributed by atoms with E-state index in [0.29, 0.717) is 5.75 Å². The lowest BCUT2D eigenvalue weighted by molar-refractivity contribution is -0.384. The number of anilines is 1. The molecule has 11 heteroatoms. The molecule has 31 heavy (non-hydrogen) atoms. The van der Waals surface area contributed by atoms with E-state index in [1.807, 2.05) is 30.3 Å². The van der Waals surface area contributed by atoms with Crippen LogP contribution in [0.4, 0.5) is 11.4 Å². The number of nitrogens with two attached hydrogens (primary N) is 1. The van der Waals surface area contributed by atoms with Crippen LogP contribution in [-0.4, -0.2) is 74.7 Å². The zero-order chi connectivity index (χ0) is 22.4. The number of thioether (sulfide) groups is 1. The third-order valence-electron chi connectivity index (χ3n) is 5.12. The summed E-state index contributed by atoms with van der Waals surface area (Å²) >= 11 is 1.67. The molecule has 3 rings (SSSR count). The first-order valence-corrected chi connectivity index (χ1v) is 12.4. The number of nitrogens with one attached hydrogen (secondary N) is 1. The van der Waals surface area contributed by atoms with Gasteiger partial charge in [-0.3, -0.25) is 15.0 Å². The summed E-state index contributed by atoms with van der Waals surface area (Å²) in [5, 5.41) is 20.0. The Kier molecular flexibility index (Phi) is 7.89. The van der Waals surface area contributed by atoms with Gasteiger partial charge in [-0.1, -0.05) is 18.2 Å². The van der Waals surface area contributed by atoms with E-state index in [4.69, 9.17) is 5.14 Å². The number of hydrogen-bond donors (Lipinski definition) is 2. The van der Waals surface area contributed by atoms with Crippen molar-refractivity contribution in [2.24, 2.45) is 5.14 Å². The Balaban J connectivity index is 1.80. The maximum atomic E-state index is 11.6. The molecule has 1 atom stereocenters. The van der Waals surface area contributed by atoms with Crippen LogP contribution in [0.25, 0.3) is 0 Å². The number of primary sulfonamides is 1. The van der Waals surface area contributed by atoms with E-state index in [1.54, 1.807) is 11.8 Å². The van der Waals surface area contributed by atoms with Crippen LogP contribution < -0.4 is 10.5 Å². The smallest absolute Gasteiger partial charge is 0.293 e. The van der Waals surface area contributed by atoms with Gasteiger partial charge in [0.2, 0.25) is 10.0 Å². The predicted octanol–water partition coefficient (Wildman–Crippen LogP) is 2.06. The second kappa shape index (κ2) is 10.4. The Hall–Kier alpha value is -2.18. The number of nitro benzene ring substituents is 1. The predicted molar refractivity (Wildman–Crippen MR) is 123 cm³/mol. The molecular weight excluding hydrogens is 438 g/mol. The highest BCUT2D eigenvalue weighted by molar-refractivity contribution is 7.99. The maximum Gasteiger partial charge on any atom is 0.293 e. The fraction of sp³-hybridized carbons (Fsp3) is 0.400. The summed E-state index contributed by atoms with van der Waals surface area (Å²) in [6, 6.07) is 13.6. The largest absolute Gasteiger partial charge is 0.375 e. The highest BCUT2D eigenvalue weighted by Crippen LogP contribution is 2.29. The van der Waals surface area contributed by atoms with Crippen LogP contribution in [0.2, 0.25) is 0 Å². The lowest BCUT2D eigenvalue weighted by atomic mass is 10.2. The number of rotatable bonds is 9. The highest BCUT2D eigenvalue weighted by Gasteiger charge is 2.23. The van der Waals surface area contributed by atoms with Crippen molar-refractivity contribution in [2.45, 2.75) is 15.8 Å². The third-order valence-corrected chi connectivity index (χ3v) is 7.21. The molecule has 1 aliphatic heterocycles. The molecule has 0 amide bonds. The Morgan fingerprint density at radius 1 is 1.16 bits per heavy atom. The fourth-order valence-corrected chi connectivity index (χ4v) is 4.84. The number of nitrogens with zero attached hydrogens (tertiary/aromatic N) is 3. The Bertz CT molecular complexity index is 996. The molecule has 0 unspecified atom stereocenters. The van der Waals surface area contributed by atoms with Gasteiger partial charge in [0.1, 0.15) is 5.69 Å². The molecule has 9 nitrogen and oxygen atoms in total. The lowest BCUT2D eigenvalue weighted by Crippen LogP contribution is -2.48. The van der Waals surface area contributed by atoms with Crippen LogP contribution in [-0.2, 0) is 10.0 Å². The molecule has 0 aromatic heterocycles. The number of nitro groups is 1. The normalized spacial score (nSPS) is 16.7. The van der Waals surface area contributed by atoms with Crippen molar-refractivity contribution in [1.82, 2.24) is 9.80 Å². The SMILES string of the molecule is CN1CCN(C[C@H](CSc2ccccc2)Nc2ccc(S(N)(=O)=O)cc2[N+](=O)[O-])CC1. The summed E-state index contributed by atoms with van der Waals surface area (Å²) in [6.45, 7) is 4.53. The lowest BCUT2D eigenvalue weighted by Gasteiger charge is -2.35. The zero-order valence-corrected chi connectivity index (χ0v) is 18.9. The molecule has 0 radical (unpaired) electrons. The average Bonchev–Trinajstić information content (AvgIpc) is 2.73. The van der Waals surface area contributed by atoms with E-state index >= 15 is 0 Å². The van der Waals surface area contributed by atoms with E-state index in [-0.39, 0.29) is 22.3 Å². The van der Waals surface area contributed by atoms with Crippen LogP contribution in [0.3, 0.4) is 0 Å². The third kappa shape index (κ3) is 6.91. The van der Waals surface area contributed by atoms with Gasteiger partial charge in [-0.2, -0.15) is 0 Å². The van der Waals surface area contributed by atoms with Gasteiger partial charge in [-0.05, 0) is 31.3 Å². The first kappa shape index (κ1) is 23.5. The van der Waals surface area contributed by atoms with Crippen molar-refractivity contribution < 1.29 is 13.3 Å². The van der Waals surface area contributed by atoms with Gasteiger partial charge in [0.15, 0.2) is 0 Å². The minimum atomic E-state index is -4.03. The topological polar surface area (TPSA) is 122 Å². The van der Waals surface area contributed by atoms with Crippen molar-refractivity contribution in [3.63, 3.8) is 0 Å². The van der Waals surface area contributed by atoms with Gasteiger partial charge in [-0.15, -0.1) is 11.8 Å². The first-order valence-electron chi connectivity index (χ1n) is 9.89. The van der Waals surface area contributed by atoms with Crippen molar-refractivity contribution >= 4 is 33.2 Å². The Labute approximate surface area is 186 Å². The number of likely N-dealkylation sites (N-methyl/N-ethyl adjacent to an activating group) is 1. The van der Waals surface area contributed by atoms with E-state index in [9.17, 15) is 18.5 Å². The van der Waals surface area contributed by atoms with Crippen molar-refractivity contribution in [1.29, 1.82) is 0 Å². The zero-order valence-electron chi connectivity index (χ0n) is 17.3. The maximum absolute atomic E-state index is 11.6. The van der Waals surface area contributed by atoms with Crippen LogP contribution in [0.1, 0.15) is 0 Å². The van der Waals surface area contributed by atoms with Gasteiger partial charge < -0.3 is 10.2 Å². The van der Waals surface area contributed by atoms with E-state index in [1.165, 1.54) is 12.1 Å². The molecule has 1 saturated heterocycles. The van der Waals surface area contributed by atoms with Crippen LogP contribution >= 0.6 is 11.8 Å². The van der Waals surface area contributed by atoms with Gasteiger partial charge in [0.05, 0.1) is 9.82 Å². The molecule has 0 aliphatic carbocycles. The molecule has 2 aromatic rings. The summed E-state index contributed by atoms with van der Waals surface area (Å²) in [5.41, 5.74) is -0.0233. The van der Waals surface area contributed by atoms with Gasteiger partial charge in [0.25, 0.3) is 5.69 Å². The van der Waals surface area contributed by atoms with Gasteiger partial charge in [0, 0.05) is 55.5 Å². The minimum absolute atomic E-state index is 0.0763. The second-order valence-corrected chi connectivity index (χ2v) is 10.2. The quantitative estimate of drug-likeness (QED) is 0.328. The van der Waals surface area contributed by atoms with Crippen LogP contribution in [0, 0.1) is 10.1 Å². The second-order valence-electron chi connectivity index (χ2n) is 7.55. The Morgan fingerprint density at radius 3 is 2.45 bits per heavy atom. The van der Waals surface area contributed by atoms with Crippen molar-refractivity contribution in [3.8, 4) is 0 Å². The summed E-state index contributed by atoms with van der Waals surface area (Å²) < 4.78 is 23.2. The van der Waals surface area contributed by atoms with Crippen LogP contribution in [0.5, 0.6) is 0 Å². The number of sulfonamides is 1. The first-order chi connectivity index (χ1) is 14.7. The van der Waals surface area contributed by atoms with Crippen molar-refractivity contribution in [3.05, 3.63) is 58.6 Å². The summed E-state index contributed by atoms with van der Waals surface area (Å²) in [4.78, 5) is 16.5. The van der Waals surface area contributed by atoms with Crippen molar-refractivity contribution in [2.75, 3.05) is 50.8 Å². The monoisotopic (exact) mass is 465 g/mol. The molecule has 1 heterocycles. The molecule has 0 saturated carbocycles. The Morgan fingerprint density at radius 2 is 1.84 bits per heavy atom. The molecule has 168 valence electrons. The highest BCUT2D eigenvalue weighted by atomic mass is 32.2. The number of benzene rings is 2. The molecule has 2 aromatic carbocycles. The molecule has 3 N–H and O–H groups in total. The molecule has 1 aliphatic rings. The minimum Gasteiger partial charge on any atom is -0.375 e. The standard InChI is InChI=1S/C20H27N5O4S2/c1-23-9-11-24(12-10-23)14-16(15-30-17-5-3-2-4-6-17)22-19-8-7-18(31(21,28)29)13-20(19)25(26)27/h2-8,13,16,22H,9-12,14-15H2,1H3,(H2,21,28,29)/t16-/m1/s1. The summed E-state index contributed by atoms with van der Waals surface area (Å²) in [7, 11) is -1.94. The van der Waals surface area contributed by atoms with E-state index in [2.05, 4.69) is 22.2 Å². The molecular formula is C20H27N5O4S2.